The predicted molar refractivity (Wildman–Crippen MR) is 64.2 cm³/mol. The molecule has 0 radical (unpaired) electrons. The van der Waals surface area contributed by atoms with Crippen molar-refractivity contribution in [2.75, 3.05) is 5.73 Å². The van der Waals surface area contributed by atoms with Gasteiger partial charge in [0.1, 0.15) is 11.6 Å². The molecule has 1 atom stereocenters. The van der Waals surface area contributed by atoms with Crippen LogP contribution in [-0.2, 0) is 12.8 Å². The molecule has 86 valence electrons. The average molecular weight is 217 g/mol. The second-order valence-electron chi connectivity index (χ2n) is 5.84. The topological polar surface area (TPSA) is 51.8 Å². The van der Waals surface area contributed by atoms with Gasteiger partial charge in [-0.3, -0.25) is 0 Å². The van der Waals surface area contributed by atoms with E-state index in [1.807, 2.05) is 0 Å². The highest BCUT2D eigenvalue weighted by atomic mass is 15.0. The molecule has 0 spiro atoms. The minimum atomic E-state index is 0.384. The van der Waals surface area contributed by atoms with Gasteiger partial charge in [0, 0.05) is 17.2 Å². The Morgan fingerprint density at radius 2 is 1.88 bits per heavy atom. The highest BCUT2D eigenvalue weighted by molar-refractivity contribution is 5.44. The minimum Gasteiger partial charge on any atom is -0.383 e. The molecular weight excluding hydrogens is 198 g/mol. The van der Waals surface area contributed by atoms with E-state index in [0.29, 0.717) is 11.3 Å². The Kier molecular flexibility index (Phi) is 2.00. The number of nitrogens with zero attached hydrogens (tertiary/aromatic N) is 2. The van der Waals surface area contributed by atoms with Crippen LogP contribution in [0.4, 0.5) is 5.82 Å². The summed E-state index contributed by atoms with van der Waals surface area (Å²) in [5.41, 5.74) is 8.86. The largest absolute Gasteiger partial charge is 0.383 e. The number of anilines is 1. The fourth-order valence-corrected chi connectivity index (χ4v) is 2.71. The van der Waals surface area contributed by atoms with Crippen LogP contribution in [0.25, 0.3) is 0 Å². The molecule has 0 saturated heterocycles. The first kappa shape index (κ1) is 10.1. The molecule has 0 bridgehead atoms. The van der Waals surface area contributed by atoms with Crippen molar-refractivity contribution in [3.05, 3.63) is 17.1 Å². The Morgan fingerprint density at radius 1 is 1.19 bits per heavy atom. The monoisotopic (exact) mass is 217 g/mol. The molecular formula is C13H19N3. The molecule has 1 fully saturated rings. The van der Waals surface area contributed by atoms with Gasteiger partial charge < -0.3 is 5.73 Å². The van der Waals surface area contributed by atoms with Gasteiger partial charge in [-0.15, -0.1) is 0 Å². The average Bonchev–Trinajstić information content (AvgIpc) is 2.88. The lowest BCUT2D eigenvalue weighted by Crippen LogP contribution is -2.13. The van der Waals surface area contributed by atoms with Crippen LogP contribution in [0.3, 0.4) is 0 Å². The van der Waals surface area contributed by atoms with E-state index in [-0.39, 0.29) is 0 Å². The predicted octanol–water partition coefficient (Wildman–Crippen LogP) is 2.45. The van der Waals surface area contributed by atoms with Crippen molar-refractivity contribution in [3.63, 3.8) is 0 Å². The van der Waals surface area contributed by atoms with Gasteiger partial charge >= 0.3 is 0 Å². The first-order valence-electron chi connectivity index (χ1n) is 6.23. The molecule has 2 N–H and O–H groups in total. The van der Waals surface area contributed by atoms with Crippen LogP contribution in [0.5, 0.6) is 0 Å². The van der Waals surface area contributed by atoms with E-state index in [4.69, 9.17) is 10.7 Å². The second-order valence-corrected chi connectivity index (χ2v) is 5.84. The fraction of sp³-hybridized carbons (Fsp3) is 0.692. The van der Waals surface area contributed by atoms with Crippen LogP contribution in [0.1, 0.15) is 56.1 Å². The molecule has 3 rings (SSSR count). The quantitative estimate of drug-likeness (QED) is 0.786. The summed E-state index contributed by atoms with van der Waals surface area (Å²) in [5.74, 6) is 2.26. The SMILES string of the molecule is CC1(C)CC1c1nc(N)c2c(n1)CCCC2. The number of aryl methyl sites for hydroxylation is 1. The van der Waals surface area contributed by atoms with Crippen LogP contribution in [0, 0.1) is 5.41 Å². The van der Waals surface area contributed by atoms with Gasteiger partial charge in [0.05, 0.1) is 0 Å². The Hall–Kier alpha value is -1.12. The maximum atomic E-state index is 6.05. The molecule has 0 amide bonds. The smallest absolute Gasteiger partial charge is 0.134 e. The molecule has 2 aliphatic carbocycles. The van der Waals surface area contributed by atoms with Crippen molar-refractivity contribution in [1.29, 1.82) is 0 Å². The Labute approximate surface area is 96.5 Å². The van der Waals surface area contributed by atoms with Gasteiger partial charge in [0.25, 0.3) is 0 Å². The summed E-state index contributed by atoms with van der Waals surface area (Å²) < 4.78 is 0. The van der Waals surface area contributed by atoms with E-state index in [9.17, 15) is 0 Å². The second kappa shape index (κ2) is 3.19. The lowest BCUT2D eigenvalue weighted by molar-refractivity contribution is 0.599. The first-order chi connectivity index (χ1) is 7.58. The zero-order valence-electron chi connectivity index (χ0n) is 10.1. The lowest BCUT2D eigenvalue weighted by Gasteiger charge is -2.17. The normalized spacial score (nSPS) is 26.2. The van der Waals surface area contributed by atoms with Crippen molar-refractivity contribution in [2.24, 2.45) is 5.41 Å². The van der Waals surface area contributed by atoms with Crippen LogP contribution in [-0.4, -0.2) is 9.97 Å². The molecule has 3 heteroatoms. The molecule has 1 unspecified atom stereocenters. The van der Waals surface area contributed by atoms with Crippen molar-refractivity contribution >= 4 is 5.82 Å². The third-order valence-electron chi connectivity index (χ3n) is 4.06. The highest BCUT2D eigenvalue weighted by Crippen LogP contribution is 2.57. The summed E-state index contributed by atoms with van der Waals surface area (Å²) in [6, 6.07) is 0. The molecule has 1 aromatic rings. The highest BCUT2D eigenvalue weighted by Gasteiger charge is 2.48. The molecule has 2 aliphatic rings. The number of hydrogen-bond acceptors (Lipinski definition) is 3. The summed E-state index contributed by atoms with van der Waals surface area (Å²) >= 11 is 0. The molecule has 16 heavy (non-hydrogen) atoms. The number of fused-ring (bicyclic) bond motifs is 1. The first-order valence-corrected chi connectivity index (χ1v) is 6.23. The fourth-order valence-electron chi connectivity index (χ4n) is 2.71. The van der Waals surface area contributed by atoms with Crippen LogP contribution < -0.4 is 5.73 Å². The Balaban J connectivity index is 2.00. The minimum absolute atomic E-state index is 0.384. The van der Waals surface area contributed by atoms with Crippen molar-refractivity contribution in [1.82, 2.24) is 9.97 Å². The van der Waals surface area contributed by atoms with E-state index in [1.54, 1.807) is 0 Å². The van der Waals surface area contributed by atoms with Gasteiger partial charge in [-0.2, -0.15) is 0 Å². The van der Waals surface area contributed by atoms with Crippen LogP contribution in [0.2, 0.25) is 0 Å². The van der Waals surface area contributed by atoms with E-state index >= 15 is 0 Å². The molecule has 1 aromatic heterocycles. The van der Waals surface area contributed by atoms with Crippen molar-refractivity contribution in [2.45, 2.75) is 51.9 Å². The Bertz CT molecular complexity index is 437. The van der Waals surface area contributed by atoms with Crippen LogP contribution in [0.15, 0.2) is 0 Å². The van der Waals surface area contributed by atoms with Gasteiger partial charge in [0.2, 0.25) is 0 Å². The number of nitrogen functional groups attached to an aromatic ring is 1. The summed E-state index contributed by atoms with van der Waals surface area (Å²) in [4.78, 5) is 9.25. The summed E-state index contributed by atoms with van der Waals surface area (Å²) in [7, 11) is 0. The van der Waals surface area contributed by atoms with Gasteiger partial charge in [-0.05, 0) is 37.5 Å². The third-order valence-corrected chi connectivity index (χ3v) is 4.06. The molecule has 0 aliphatic heterocycles. The number of hydrogen-bond donors (Lipinski definition) is 1. The van der Waals surface area contributed by atoms with Crippen molar-refractivity contribution < 1.29 is 0 Å². The molecule has 0 aromatic carbocycles. The summed E-state index contributed by atoms with van der Waals surface area (Å²) in [5, 5.41) is 0. The summed E-state index contributed by atoms with van der Waals surface area (Å²) in [6.07, 6.45) is 5.83. The van der Waals surface area contributed by atoms with Gasteiger partial charge in [-0.25, -0.2) is 9.97 Å². The van der Waals surface area contributed by atoms with E-state index in [0.717, 1.165) is 24.5 Å². The zero-order chi connectivity index (χ0) is 11.3. The number of rotatable bonds is 1. The lowest BCUT2D eigenvalue weighted by atomic mass is 9.96. The van der Waals surface area contributed by atoms with Crippen LogP contribution >= 0.6 is 0 Å². The molecule has 3 nitrogen and oxygen atoms in total. The number of aromatic nitrogens is 2. The summed E-state index contributed by atoms with van der Waals surface area (Å²) in [6.45, 7) is 4.55. The van der Waals surface area contributed by atoms with E-state index in [1.165, 1.54) is 30.5 Å². The maximum absolute atomic E-state index is 6.05. The van der Waals surface area contributed by atoms with E-state index in [2.05, 4.69) is 18.8 Å². The molecule has 1 heterocycles. The third kappa shape index (κ3) is 1.49. The number of nitrogens with two attached hydrogens (primary N) is 1. The molecule has 1 saturated carbocycles. The van der Waals surface area contributed by atoms with E-state index < -0.39 is 0 Å². The van der Waals surface area contributed by atoms with Gasteiger partial charge in [-0.1, -0.05) is 13.8 Å². The zero-order valence-corrected chi connectivity index (χ0v) is 10.1. The maximum Gasteiger partial charge on any atom is 0.134 e. The standard InChI is InChI=1S/C13H19N3/c1-13(2)7-9(13)12-15-10-6-4-3-5-8(10)11(14)16-12/h9H,3-7H2,1-2H3,(H2,14,15,16). The van der Waals surface area contributed by atoms with Crippen molar-refractivity contribution in [3.8, 4) is 0 Å². The Morgan fingerprint density at radius 3 is 2.56 bits per heavy atom. The van der Waals surface area contributed by atoms with Gasteiger partial charge in [0.15, 0.2) is 0 Å².